The Labute approximate surface area is 103 Å². The summed E-state index contributed by atoms with van der Waals surface area (Å²) >= 11 is 0. The fourth-order valence-corrected chi connectivity index (χ4v) is 1.71. The highest BCUT2D eigenvalue weighted by Gasteiger charge is 2.27. The number of carboxylic acids is 1. The SMILES string of the molecule is CCCCN(CC)C(=O)N(C)C(CC)C(=O)O. The summed E-state index contributed by atoms with van der Waals surface area (Å²) < 4.78 is 0. The monoisotopic (exact) mass is 244 g/mol. The van der Waals surface area contributed by atoms with Gasteiger partial charge in [0.1, 0.15) is 6.04 Å². The van der Waals surface area contributed by atoms with E-state index >= 15 is 0 Å². The summed E-state index contributed by atoms with van der Waals surface area (Å²) in [5.41, 5.74) is 0. The lowest BCUT2D eigenvalue weighted by atomic mass is 10.2. The first kappa shape index (κ1) is 15.7. The van der Waals surface area contributed by atoms with Crippen molar-refractivity contribution in [3.05, 3.63) is 0 Å². The second kappa shape index (κ2) is 7.92. The molecule has 1 atom stereocenters. The van der Waals surface area contributed by atoms with E-state index in [-0.39, 0.29) is 6.03 Å². The topological polar surface area (TPSA) is 60.9 Å². The predicted molar refractivity (Wildman–Crippen MR) is 67.0 cm³/mol. The van der Waals surface area contributed by atoms with Crippen molar-refractivity contribution < 1.29 is 14.7 Å². The van der Waals surface area contributed by atoms with Crippen molar-refractivity contribution in [1.82, 2.24) is 9.80 Å². The molecular weight excluding hydrogens is 220 g/mol. The van der Waals surface area contributed by atoms with Gasteiger partial charge in [0, 0.05) is 20.1 Å². The molecule has 0 aliphatic heterocycles. The molecule has 0 saturated heterocycles. The molecule has 0 spiro atoms. The van der Waals surface area contributed by atoms with Crippen LogP contribution in [0.1, 0.15) is 40.0 Å². The number of amides is 2. The van der Waals surface area contributed by atoms with Gasteiger partial charge < -0.3 is 14.9 Å². The molecule has 0 saturated carbocycles. The third-order valence-electron chi connectivity index (χ3n) is 2.87. The second-order valence-electron chi connectivity index (χ2n) is 4.09. The maximum atomic E-state index is 12.1. The van der Waals surface area contributed by atoms with Gasteiger partial charge in [0.2, 0.25) is 0 Å². The molecule has 2 amide bonds. The first-order chi connectivity index (χ1) is 7.99. The molecule has 17 heavy (non-hydrogen) atoms. The molecule has 0 aromatic carbocycles. The number of unbranched alkanes of at least 4 members (excludes halogenated alkanes) is 1. The van der Waals surface area contributed by atoms with E-state index in [0.717, 1.165) is 12.8 Å². The molecule has 0 radical (unpaired) electrons. The Hall–Kier alpha value is -1.26. The minimum absolute atomic E-state index is 0.199. The summed E-state index contributed by atoms with van der Waals surface area (Å²) in [6, 6.07) is -0.937. The van der Waals surface area contributed by atoms with Crippen LogP contribution in [0.4, 0.5) is 4.79 Å². The van der Waals surface area contributed by atoms with Crippen LogP contribution in [0.2, 0.25) is 0 Å². The van der Waals surface area contributed by atoms with Gasteiger partial charge in [0.15, 0.2) is 0 Å². The van der Waals surface area contributed by atoms with E-state index in [1.807, 2.05) is 6.92 Å². The van der Waals surface area contributed by atoms with E-state index in [2.05, 4.69) is 6.92 Å². The van der Waals surface area contributed by atoms with Crippen LogP contribution in [0.5, 0.6) is 0 Å². The van der Waals surface area contributed by atoms with Crippen LogP contribution in [0.25, 0.3) is 0 Å². The minimum Gasteiger partial charge on any atom is -0.480 e. The largest absolute Gasteiger partial charge is 0.480 e. The number of nitrogens with zero attached hydrogens (tertiary/aromatic N) is 2. The van der Waals surface area contributed by atoms with Gasteiger partial charge in [0.05, 0.1) is 0 Å². The van der Waals surface area contributed by atoms with Crippen LogP contribution in [0.15, 0.2) is 0 Å². The molecular formula is C12H24N2O3. The van der Waals surface area contributed by atoms with Crippen molar-refractivity contribution in [2.75, 3.05) is 20.1 Å². The molecule has 0 aliphatic carbocycles. The van der Waals surface area contributed by atoms with Crippen molar-refractivity contribution in [3.63, 3.8) is 0 Å². The molecule has 0 bridgehead atoms. The lowest BCUT2D eigenvalue weighted by Crippen LogP contribution is -2.49. The summed E-state index contributed by atoms with van der Waals surface area (Å²) in [5.74, 6) is -0.949. The Kier molecular flexibility index (Phi) is 7.34. The molecule has 1 unspecified atom stereocenters. The highest BCUT2D eigenvalue weighted by atomic mass is 16.4. The average molecular weight is 244 g/mol. The van der Waals surface area contributed by atoms with Gasteiger partial charge >= 0.3 is 12.0 Å². The maximum absolute atomic E-state index is 12.1. The number of carboxylic acid groups (broad SMARTS) is 1. The molecule has 0 aliphatic rings. The van der Waals surface area contributed by atoms with Crippen molar-refractivity contribution in [3.8, 4) is 0 Å². The van der Waals surface area contributed by atoms with E-state index < -0.39 is 12.0 Å². The van der Waals surface area contributed by atoms with Gasteiger partial charge in [-0.3, -0.25) is 0 Å². The van der Waals surface area contributed by atoms with E-state index in [1.54, 1.807) is 18.9 Å². The summed E-state index contributed by atoms with van der Waals surface area (Å²) in [6.45, 7) is 7.04. The Morgan fingerprint density at radius 2 is 1.82 bits per heavy atom. The normalized spacial score (nSPS) is 12.0. The lowest BCUT2D eigenvalue weighted by molar-refractivity contribution is -0.142. The zero-order valence-corrected chi connectivity index (χ0v) is 11.3. The fraction of sp³-hybridized carbons (Fsp3) is 0.833. The number of aliphatic carboxylic acids is 1. The zero-order chi connectivity index (χ0) is 13.4. The Morgan fingerprint density at radius 1 is 1.24 bits per heavy atom. The van der Waals surface area contributed by atoms with Crippen LogP contribution in [0, 0.1) is 0 Å². The Balaban J connectivity index is 4.58. The third-order valence-corrected chi connectivity index (χ3v) is 2.87. The quantitative estimate of drug-likeness (QED) is 0.745. The maximum Gasteiger partial charge on any atom is 0.326 e. The van der Waals surface area contributed by atoms with Crippen molar-refractivity contribution in [1.29, 1.82) is 0 Å². The summed E-state index contributed by atoms with van der Waals surface area (Å²) in [6.07, 6.45) is 2.38. The summed E-state index contributed by atoms with van der Waals surface area (Å²) in [7, 11) is 1.55. The van der Waals surface area contributed by atoms with Gasteiger partial charge in [-0.15, -0.1) is 0 Å². The van der Waals surface area contributed by atoms with E-state index in [0.29, 0.717) is 19.5 Å². The number of likely N-dealkylation sites (N-methyl/N-ethyl adjacent to an activating group) is 1. The van der Waals surface area contributed by atoms with Crippen LogP contribution in [-0.4, -0.2) is 53.1 Å². The lowest BCUT2D eigenvalue weighted by Gasteiger charge is -2.30. The number of carbonyl (C=O) groups is 2. The number of carbonyl (C=O) groups excluding carboxylic acids is 1. The average Bonchev–Trinajstić information content (AvgIpc) is 2.29. The van der Waals surface area contributed by atoms with Crippen LogP contribution < -0.4 is 0 Å². The van der Waals surface area contributed by atoms with E-state index in [9.17, 15) is 9.59 Å². The summed E-state index contributed by atoms with van der Waals surface area (Å²) in [4.78, 5) is 26.1. The van der Waals surface area contributed by atoms with Crippen LogP contribution in [-0.2, 0) is 4.79 Å². The highest BCUT2D eigenvalue weighted by molar-refractivity contribution is 5.82. The minimum atomic E-state index is -0.949. The molecule has 5 heteroatoms. The number of hydrogen-bond acceptors (Lipinski definition) is 2. The van der Waals surface area contributed by atoms with Gasteiger partial charge in [-0.2, -0.15) is 0 Å². The molecule has 0 aromatic heterocycles. The first-order valence-corrected chi connectivity index (χ1v) is 6.24. The van der Waals surface area contributed by atoms with Crippen molar-refractivity contribution in [2.24, 2.45) is 0 Å². The molecule has 0 heterocycles. The molecule has 5 nitrogen and oxygen atoms in total. The smallest absolute Gasteiger partial charge is 0.326 e. The number of rotatable bonds is 7. The van der Waals surface area contributed by atoms with E-state index in [4.69, 9.17) is 5.11 Å². The molecule has 0 rings (SSSR count). The number of urea groups is 1. The van der Waals surface area contributed by atoms with Crippen LogP contribution in [0.3, 0.4) is 0 Å². The fourth-order valence-electron chi connectivity index (χ4n) is 1.71. The molecule has 0 aromatic rings. The van der Waals surface area contributed by atoms with Crippen molar-refractivity contribution in [2.45, 2.75) is 46.1 Å². The number of hydrogen-bond donors (Lipinski definition) is 1. The van der Waals surface area contributed by atoms with Gasteiger partial charge in [0.25, 0.3) is 0 Å². The van der Waals surface area contributed by atoms with Gasteiger partial charge in [-0.05, 0) is 19.8 Å². The molecule has 100 valence electrons. The summed E-state index contributed by atoms with van der Waals surface area (Å²) in [5, 5.41) is 9.01. The molecule has 1 N–H and O–H groups in total. The van der Waals surface area contributed by atoms with Crippen LogP contribution >= 0.6 is 0 Å². The third kappa shape index (κ3) is 4.63. The Bertz CT molecular complexity index is 256. The van der Waals surface area contributed by atoms with Gasteiger partial charge in [-0.25, -0.2) is 9.59 Å². The Morgan fingerprint density at radius 3 is 2.18 bits per heavy atom. The van der Waals surface area contributed by atoms with Gasteiger partial charge in [-0.1, -0.05) is 20.3 Å². The second-order valence-corrected chi connectivity index (χ2v) is 4.09. The predicted octanol–water partition coefficient (Wildman–Crippen LogP) is 2.02. The highest BCUT2D eigenvalue weighted by Crippen LogP contribution is 2.07. The molecule has 0 fully saturated rings. The zero-order valence-electron chi connectivity index (χ0n) is 11.3. The standard InChI is InChI=1S/C12H24N2O3/c1-5-8-9-14(7-3)12(17)13(4)10(6-2)11(15)16/h10H,5-9H2,1-4H3,(H,15,16). The van der Waals surface area contributed by atoms with Crippen molar-refractivity contribution >= 4 is 12.0 Å². The first-order valence-electron chi connectivity index (χ1n) is 6.24. The van der Waals surface area contributed by atoms with E-state index in [1.165, 1.54) is 4.90 Å².